The van der Waals surface area contributed by atoms with Crippen LogP contribution in [0.25, 0.3) is 0 Å². The van der Waals surface area contributed by atoms with Gasteiger partial charge >= 0.3 is 6.18 Å². The Morgan fingerprint density at radius 2 is 1.90 bits per heavy atom. The zero-order chi connectivity index (χ0) is 22.3. The molecule has 1 N–H and O–H groups in total. The number of pyridine rings is 1. The Morgan fingerprint density at radius 1 is 1.19 bits per heavy atom. The number of fused-ring (bicyclic) bond motifs is 2. The van der Waals surface area contributed by atoms with Crippen LogP contribution in [0, 0.1) is 17.6 Å². The molecule has 2 aromatic rings. The number of nitrogens with zero attached hydrogens (tertiary/aromatic N) is 3. The van der Waals surface area contributed by atoms with Gasteiger partial charge in [-0.3, -0.25) is 9.69 Å². The monoisotopic (exact) mass is 460 g/mol. The van der Waals surface area contributed by atoms with Gasteiger partial charge in [-0.25, -0.2) is 13.8 Å². The van der Waals surface area contributed by atoms with E-state index in [1.54, 1.807) is 0 Å². The minimum Gasteiger partial charge on any atom is -0.338 e. The van der Waals surface area contributed by atoms with Crippen LogP contribution in [0.5, 0.6) is 0 Å². The lowest BCUT2D eigenvalue weighted by molar-refractivity contribution is -0.149. The van der Waals surface area contributed by atoms with Gasteiger partial charge in [0.05, 0.1) is 35.7 Å². The summed E-state index contributed by atoms with van der Waals surface area (Å²) < 4.78 is 65.8. The van der Waals surface area contributed by atoms with E-state index in [1.807, 2.05) is 0 Å². The molecular weight excluding hydrogens is 443 g/mol. The van der Waals surface area contributed by atoms with Gasteiger partial charge < -0.3 is 10.2 Å². The molecule has 1 amide bonds. The van der Waals surface area contributed by atoms with E-state index < -0.39 is 30.3 Å². The minimum absolute atomic E-state index is 0.0380. The van der Waals surface area contributed by atoms with Crippen molar-refractivity contribution in [1.82, 2.24) is 9.88 Å². The summed E-state index contributed by atoms with van der Waals surface area (Å²) in [4.78, 5) is 20.0. The van der Waals surface area contributed by atoms with Crippen LogP contribution in [0.3, 0.4) is 0 Å². The Kier molecular flexibility index (Phi) is 5.78. The molecule has 0 aliphatic carbocycles. The molecule has 0 radical (unpaired) electrons. The van der Waals surface area contributed by atoms with Gasteiger partial charge in [0.1, 0.15) is 17.5 Å². The molecule has 1 saturated heterocycles. The average Bonchev–Trinajstić information content (AvgIpc) is 2.84. The molecule has 2 aliphatic heterocycles. The number of benzene rings is 1. The van der Waals surface area contributed by atoms with Crippen LogP contribution in [0.1, 0.15) is 18.4 Å². The number of piperidine rings is 1. The highest BCUT2D eigenvalue weighted by Gasteiger charge is 2.36. The van der Waals surface area contributed by atoms with Crippen molar-refractivity contribution in [3.05, 3.63) is 46.6 Å². The van der Waals surface area contributed by atoms with E-state index in [9.17, 15) is 26.7 Å². The normalized spacial score (nSPS) is 17.5. The Hall–Kier alpha value is -2.46. The average molecular weight is 461 g/mol. The third kappa shape index (κ3) is 4.74. The highest BCUT2D eigenvalue weighted by Crippen LogP contribution is 2.39. The fourth-order valence-electron chi connectivity index (χ4n) is 3.97. The van der Waals surface area contributed by atoms with Crippen molar-refractivity contribution in [2.75, 3.05) is 29.9 Å². The lowest BCUT2D eigenvalue weighted by Gasteiger charge is -2.34. The molecular formula is C20H18ClF5N4O. The van der Waals surface area contributed by atoms with Gasteiger partial charge in [0.15, 0.2) is 0 Å². The van der Waals surface area contributed by atoms with Crippen molar-refractivity contribution in [2.24, 2.45) is 5.92 Å². The first kappa shape index (κ1) is 21.8. The number of alkyl halides is 3. The van der Waals surface area contributed by atoms with Crippen molar-refractivity contribution < 1.29 is 26.7 Å². The Balaban J connectivity index is 1.62. The van der Waals surface area contributed by atoms with Gasteiger partial charge in [-0.1, -0.05) is 11.6 Å². The van der Waals surface area contributed by atoms with Crippen LogP contribution in [0.15, 0.2) is 24.4 Å². The number of hydrogen-bond donors (Lipinski definition) is 1. The predicted molar refractivity (Wildman–Crippen MR) is 105 cm³/mol. The Morgan fingerprint density at radius 3 is 2.58 bits per heavy atom. The fourth-order valence-corrected chi connectivity index (χ4v) is 4.12. The third-order valence-electron chi connectivity index (χ3n) is 5.45. The number of carbonyl (C=O) groups is 1. The van der Waals surface area contributed by atoms with Crippen LogP contribution in [0.4, 0.5) is 39.1 Å². The summed E-state index contributed by atoms with van der Waals surface area (Å²) in [6.07, 6.45) is -2.80. The van der Waals surface area contributed by atoms with Crippen LogP contribution >= 0.6 is 11.6 Å². The lowest BCUT2D eigenvalue weighted by Crippen LogP contribution is -2.45. The van der Waals surface area contributed by atoms with E-state index >= 15 is 0 Å². The zero-order valence-corrected chi connectivity index (χ0v) is 16.9. The molecule has 3 heterocycles. The summed E-state index contributed by atoms with van der Waals surface area (Å²) in [6, 6.07) is 3.66. The van der Waals surface area contributed by atoms with Crippen LogP contribution in [-0.4, -0.2) is 41.6 Å². The summed E-state index contributed by atoms with van der Waals surface area (Å²) in [6.45, 7) is -0.793. The van der Waals surface area contributed by atoms with Gasteiger partial charge in [-0.2, -0.15) is 13.2 Å². The Labute approximate surface area is 179 Å². The smallest absolute Gasteiger partial charge is 0.338 e. The molecule has 1 aromatic carbocycles. The maximum absolute atomic E-state index is 14.1. The van der Waals surface area contributed by atoms with Crippen molar-refractivity contribution in [3.8, 4) is 0 Å². The molecule has 1 aromatic heterocycles. The van der Waals surface area contributed by atoms with E-state index in [0.29, 0.717) is 11.3 Å². The summed E-state index contributed by atoms with van der Waals surface area (Å²) in [5.74, 6) is -1.88. The van der Waals surface area contributed by atoms with Gasteiger partial charge in [0.2, 0.25) is 5.91 Å². The molecule has 11 heteroatoms. The largest absolute Gasteiger partial charge is 0.401 e. The maximum Gasteiger partial charge on any atom is 0.401 e. The summed E-state index contributed by atoms with van der Waals surface area (Å²) in [7, 11) is 0. The number of carbonyl (C=O) groups excluding carboxylic acids is 1. The number of nitrogens with one attached hydrogen (secondary N) is 1. The van der Waals surface area contributed by atoms with E-state index in [1.165, 1.54) is 21.9 Å². The molecule has 166 valence electrons. The number of likely N-dealkylation sites (tertiary alicyclic amines) is 1. The van der Waals surface area contributed by atoms with Crippen LogP contribution in [-0.2, 0) is 11.3 Å². The first-order valence-corrected chi connectivity index (χ1v) is 9.99. The fraction of sp³-hybridized carbons (Fsp3) is 0.400. The van der Waals surface area contributed by atoms with E-state index in [4.69, 9.17) is 11.6 Å². The van der Waals surface area contributed by atoms with Crippen molar-refractivity contribution in [2.45, 2.75) is 25.6 Å². The van der Waals surface area contributed by atoms with Gasteiger partial charge in [-0.05, 0) is 38.1 Å². The van der Waals surface area contributed by atoms with Crippen LogP contribution in [0.2, 0.25) is 5.02 Å². The number of halogens is 6. The molecule has 0 unspecified atom stereocenters. The lowest BCUT2D eigenvalue weighted by atomic mass is 9.94. The molecule has 0 saturated carbocycles. The molecule has 0 spiro atoms. The number of aromatic nitrogens is 1. The molecule has 0 atom stereocenters. The predicted octanol–water partition coefficient (Wildman–Crippen LogP) is 4.88. The molecule has 2 aliphatic rings. The van der Waals surface area contributed by atoms with Gasteiger partial charge in [0, 0.05) is 17.5 Å². The van der Waals surface area contributed by atoms with Crippen molar-refractivity contribution >= 4 is 34.7 Å². The first-order chi connectivity index (χ1) is 14.6. The quantitative estimate of drug-likeness (QED) is 0.649. The van der Waals surface area contributed by atoms with E-state index in [0.717, 1.165) is 12.3 Å². The van der Waals surface area contributed by atoms with Gasteiger partial charge in [0.25, 0.3) is 0 Å². The molecule has 4 rings (SSSR count). The number of hydrogen-bond acceptors (Lipinski definition) is 4. The first-order valence-electron chi connectivity index (χ1n) is 9.61. The van der Waals surface area contributed by atoms with Gasteiger partial charge in [-0.15, -0.1) is 0 Å². The second kappa shape index (κ2) is 8.23. The molecule has 31 heavy (non-hydrogen) atoms. The number of rotatable bonds is 2. The maximum atomic E-state index is 14.1. The highest BCUT2D eigenvalue weighted by molar-refractivity contribution is 6.31. The number of anilines is 3. The molecule has 0 bridgehead atoms. The highest BCUT2D eigenvalue weighted by atomic mass is 35.5. The summed E-state index contributed by atoms with van der Waals surface area (Å²) in [5, 5.41) is 2.72. The van der Waals surface area contributed by atoms with Crippen molar-refractivity contribution in [1.29, 1.82) is 0 Å². The standard InChI is InChI=1S/C20H18ClF5N4O/c21-14-6-17-16(7-15(14)23)28-18-12(5-13(22)8-27-18)9-30(17)19(31)11-1-3-29(4-2-11)10-20(24,25)26/h5-8,11H,1-4,9-10H2,(H,27,28). The summed E-state index contributed by atoms with van der Waals surface area (Å²) >= 11 is 5.94. The molecule has 1 fully saturated rings. The van der Waals surface area contributed by atoms with Crippen molar-refractivity contribution in [3.63, 3.8) is 0 Å². The molecule has 5 nitrogen and oxygen atoms in total. The third-order valence-corrected chi connectivity index (χ3v) is 5.74. The second-order valence-corrected chi connectivity index (χ2v) is 8.07. The van der Waals surface area contributed by atoms with E-state index in [2.05, 4.69) is 10.3 Å². The topological polar surface area (TPSA) is 48.5 Å². The van der Waals surface area contributed by atoms with Crippen LogP contribution < -0.4 is 10.2 Å². The summed E-state index contributed by atoms with van der Waals surface area (Å²) in [5.41, 5.74) is 0.922. The Bertz CT molecular complexity index is 1010. The minimum atomic E-state index is -4.30. The van der Waals surface area contributed by atoms with E-state index in [-0.39, 0.29) is 54.9 Å². The number of amides is 1. The SMILES string of the molecule is O=C(C1CCN(CC(F)(F)F)CC1)N1Cc2cc(F)cnc2Nc2cc(F)c(Cl)cc21. The zero-order valence-electron chi connectivity index (χ0n) is 16.1. The second-order valence-electron chi connectivity index (χ2n) is 7.66.